The second kappa shape index (κ2) is 4.63. The van der Waals surface area contributed by atoms with Crippen molar-refractivity contribution in [1.82, 2.24) is 0 Å². The maximum atomic E-state index is 13.6. The van der Waals surface area contributed by atoms with Crippen LogP contribution in [0.2, 0.25) is 0 Å². The Morgan fingerprint density at radius 1 is 1.22 bits per heavy atom. The zero-order valence-electron chi connectivity index (χ0n) is 10.6. The van der Waals surface area contributed by atoms with Gasteiger partial charge in [-0.15, -0.1) is 0 Å². The SMILES string of the molecule is CC1(C)CC(=O)C=C(Cc2cccc(F)c2F)C1. The summed E-state index contributed by atoms with van der Waals surface area (Å²) in [5.41, 5.74) is 1.10. The number of carbonyl (C=O) groups excluding carboxylic acids is 1. The Morgan fingerprint density at radius 3 is 2.61 bits per heavy atom. The lowest BCUT2D eigenvalue weighted by Crippen LogP contribution is -2.22. The highest BCUT2D eigenvalue weighted by molar-refractivity contribution is 5.91. The molecule has 0 heterocycles. The van der Waals surface area contributed by atoms with Gasteiger partial charge in [-0.25, -0.2) is 8.78 Å². The average molecular weight is 250 g/mol. The van der Waals surface area contributed by atoms with Gasteiger partial charge in [-0.2, -0.15) is 0 Å². The quantitative estimate of drug-likeness (QED) is 0.779. The second-order valence-electron chi connectivity index (χ2n) is 5.68. The Balaban J connectivity index is 2.24. The minimum absolute atomic E-state index is 0.0676. The predicted octanol–water partition coefficient (Wildman–Crippen LogP) is 3.82. The van der Waals surface area contributed by atoms with Crippen molar-refractivity contribution < 1.29 is 13.6 Å². The van der Waals surface area contributed by atoms with Crippen molar-refractivity contribution in [2.24, 2.45) is 5.41 Å². The van der Waals surface area contributed by atoms with Gasteiger partial charge in [0.05, 0.1) is 0 Å². The largest absolute Gasteiger partial charge is 0.295 e. The van der Waals surface area contributed by atoms with E-state index in [1.165, 1.54) is 6.07 Å². The van der Waals surface area contributed by atoms with Crippen molar-refractivity contribution in [3.63, 3.8) is 0 Å². The van der Waals surface area contributed by atoms with Crippen molar-refractivity contribution in [2.45, 2.75) is 33.1 Å². The molecule has 0 radical (unpaired) electrons. The molecule has 96 valence electrons. The number of hydrogen-bond donors (Lipinski definition) is 0. The highest BCUT2D eigenvalue weighted by Gasteiger charge is 2.27. The third kappa shape index (κ3) is 2.84. The Bertz CT molecular complexity index is 515. The average Bonchev–Trinajstić information content (AvgIpc) is 2.22. The highest BCUT2D eigenvalue weighted by atomic mass is 19.2. The number of rotatable bonds is 2. The Morgan fingerprint density at radius 2 is 1.94 bits per heavy atom. The monoisotopic (exact) mass is 250 g/mol. The van der Waals surface area contributed by atoms with Crippen LogP contribution in [-0.2, 0) is 11.2 Å². The number of halogens is 2. The minimum atomic E-state index is -0.838. The summed E-state index contributed by atoms with van der Waals surface area (Å²) in [4.78, 5) is 11.6. The normalized spacial score (nSPS) is 18.7. The molecule has 0 atom stereocenters. The molecule has 1 aromatic rings. The van der Waals surface area contributed by atoms with Crippen molar-refractivity contribution in [3.8, 4) is 0 Å². The van der Waals surface area contributed by atoms with Crippen LogP contribution >= 0.6 is 0 Å². The molecule has 1 aliphatic carbocycles. The molecule has 18 heavy (non-hydrogen) atoms. The smallest absolute Gasteiger partial charge is 0.162 e. The summed E-state index contributed by atoms with van der Waals surface area (Å²) in [7, 11) is 0. The summed E-state index contributed by atoms with van der Waals surface area (Å²) in [6.45, 7) is 4.03. The molecule has 0 fully saturated rings. The van der Waals surface area contributed by atoms with E-state index in [1.54, 1.807) is 12.1 Å². The van der Waals surface area contributed by atoms with Gasteiger partial charge in [-0.3, -0.25) is 4.79 Å². The van der Waals surface area contributed by atoms with Gasteiger partial charge in [0.25, 0.3) is 0 Å². The van der Waals surface area contributed by atoms with Gasteiger partial charge >= 0.3 is 0 Å². The molecule has 2 rings (SSSR count). The Kier molecular flexibility index (Phi) is 3.33. The van der Waals surface area contributed by atoms with E-state index in [0.717, 1.165) is 18.1 Å². The summed E-state index contributed by atoms with van der Waals surface area (Å²) in [6, 6.07) is 4.15. The van der Waals surface area contributed by atoms with E-state index in [-0.39, 0.29) is 11.2 Å². The Labute approximate surface area is 106 Å². The van der Waals surface area contributed by atoms with Gasteiger partial charge in [-0.1, -0.05) is 31.6 Å². The first-order valence-corrected chi connectivity index (χ1v) is 6.02. The summed E-state index contributed by atoms with van der Waals surface area (Å²) in [5.74, 6) is -1.58. The summed E-state index contributed by atoms with van der Waals surface area (Å²) < 4.78 is 26.7. The van der Waals surface area contributed by atoms with E-state index in [4.69, 9.17) is 0 Å². The first kappa shape index (κ1) is 12.9. The highest BCUT2D eigenvalue weighted by Crippen LogP contribution is 2.35. The summed E-state index contributed by atoms with van der Waals surface area (Å²) in [6.07, 6.45) is 3.14. The van der Waals surface area contributed by atoms with Gasteiger partial charge in [0, 0.05) is 6.42 Å². The van der Waals surface area contributed by atoms with E-state index in [2.05, 4.69) is 0 Å². The third-order valence-electron chi connectivity index (χ3n) is 3.17. The van der Waals surface area contributed by atoms with Crippen LogP contribution in [0.4, 0.5) is 8.78 Å². The molecule has 0 aliphatic heterocycles. The van der Waals surface area contributed by atoms with Gasteiger partial charge in [0.2, 0.25) is 0 Å². The molecule has 0 bridgehead atoms. The summed E-state index contributed by atoms with van der Waals surface area (Å²) >= 11 is 0. The Hall–Kier alpha value is -1.51. The standard InChI is InChI=1S/C15H16F2O/c1-15(2)8-10(7-12(18)9-15)6-11-4-3-5-13(16)14(11)17/h3-5,7H,6,8-9H2,1-2H3. The third-order valence-corrected chi connectivity index (χ3v) is 3.17. The number of ketones is 1. The van der Waals surface area contributed by atoms with Gasteiger partial charge in [0.15, 0.2) is 17.4 Å². The van der Waals surface area contributed by atoms with Gasteiger partial charge in [0.1, 0.15) is 0 Å². The molecule has 3 heteroatoms. The number of hydrogen-bond acceptors (Lipinski definition) is 1. The van der Waals surface area contributed by atoms with Crippen LogP contribution in [0.5, 0.6) is 0 Å². The molecule has 0 unspecified atom stereocenters. The molecular formula is C15H16F2O. The van der Waals surface area contributed by atoms with E-state index in [0.29, 0.717) is 18.4 Å². The van der Waals surface area contributed by atoms with Crippen molar-refractivity contribution in [3.05, 3.63) is 47.0 Å². The van der Waals surface area contributed by atoms with E-state index in [9.17, 15) is 13.6 Å². The molecule has 0 spiro atoms. The molecule has 1 aromatic carbocycles. The molecule has 0 saturated heterocycles. The molecule has 1 aliphatic rings. The second-order valence-corrected chi connectivity index (χ2v) is 5.68. The van der Waals surface area contributed by atoms with Crippen LogP contribution in [-0.4, -0.2) is 5.78 Å². The van der Waals surface area contributed by atoms with Gasteiger partial charge < -0.3 is 0 Å². The van der Waals surface area contributed by atoms with Crippen LogP contribution in [0.3, 0.4) is 0 Å². The fraction of sp³-hybridized carbons (Fsp3) is 0.400. The molecule has 0 N–H and O–H groups in total. The van der Waals surface area contributed by atoms with Crippen LogP contribution in [0.15, 0.2) is 29.8 Å². The molecule has 1 nitrogen and oxygen atoms in total. The maximum absolute atomic E-state index is 13.6. The first-order chi connectivity index (χ1) is 8.37. The van der Waals surface area contributed by atoms with Crippen molar-refractivity contribution in [1.29, 1.82) is 0 Å². The lowest BCUT2D eigenvalue weighted by atomic mass is 9.75. The first-order valence-electron chi connectivity index (χ1n) is 6.02. The number of benzene rings is 1. The lowest BCUT2D eigenvalue weighted by Gasteiger charge is -2.28. The fourth-order valence-corrected chi connectivity index (χ4v) is 2.52. The molecule has 0 aromatic heterocycles. The topological polar surface area (TPSA) is 17.1 Å². The number of allylic oxidation sites excluding steroid dienone is 2. The van der Waals surface area contributed by atoms with E-state index < -0.39 is 11.6 Å². The number of carbonyl (C=O) groups is 1. The van der Waals surface area contributed by atoms with E-state index >= 15 is 0 Å². The zero-order valence-corrected chi connectivity index (χ0v) is 10.6. The zero-order chi connectivity index (χ0) is 13.3. The molecule has 0 saturated carbocycles. The van der Waals surface area contributed by atoms with Crippen LogP contribution in [0.1, 0.15) is 32.3 Å². The predicted molar refractivity (Wildman–Crippen MR) is 66.2 cm³/mol. The van der Waals surface area contributed by atoms with Crippen LogP contribution in [0, 0.1) is 17.0 Å². The van der Waals surface area contributed by atoms with Crippen molar-refractivity contribution in [2.75, 3.05) is 0 Å². The summed E-state index contributed by atoms with van der Waals surface area (Å²) in [5, 5.41) is 0. The minimum Gasteiger partial charge on any atom is -0.295 e. The fourth-order valence-electron chi connectivity index (χ4n) is 2.52. The van der Waals surface area contributed by atoms with Crippen LogP contribution < -0.4 is 0 Å². The molecule has 0 amide bonds. The van der Waals surface area contributed by atoms with E-state index in [1.807, 2.05) is 13.8 Å². The maximum Gasteiger partial charge on any atom is 0.162 e. The van der Waals surface area contributed by atoms with Crippen molar-refractivity contribution >= 4 is 5.78 Å². The van der Waals surface area contributed by atoms with Crippen LogP contribution in [0.25, 0.3) is 0 Å². The molecular weight excluding hydrogens is 234 g/mol. The van der Waals surface area contributed by atoms with Gasteiger partial charge in [-0.05, 0) is 36.0 Å². The lowest BCUT2D eigenvalue weighted by molar-refractivity contribution is -0.117.